The van der Waals surface area contributed by atoms with Gasteiger partial charge in [-0.05, 0) is 12.7 Å². The Morgan fingerprint density at radius 1 is 0.765 bits per heavy atom. The van der Waals surface area contributed by atoms with Crippen LogP contribution in [0.3, 0.4) is 0 Å². The molecule has 0 bridgehead atoms. The zero-order valence-corrected chi connectivity index (χ0v) is 13.0. The highest BCUT2D eigenvalue weighted by atomic mass is 32.2. The van der Waals surface area contributed by atoms with E-state index in [9.17, 15) is 0 Å². The maximum Gasteiger partial charge on any atom is 0.00159 e. The molecule has 0 aromatic rings. The molecule has 1 heteroatoms. The third-order valence-corrected chi connectivity index (χ3v) is 4.55. The van der Waals surface area contributed by atoms with Crippen molar-refractivity contribution < 1.29 is 0 Å². The summed E-state index contributed by atoms with van der Waals surface area (Å²) < 4.78 is 0. The fourth-order valence-corrected chi connectivity index (χ4v) is 2.54. The van der Waals surface area contributed by atoms with Gasteiger partial charge in [0.25, 0.3) is 0 Å². The summed E-state index contributed by atoms with van der Waals surface area (Å²) in [6, 6.07) is 0. The lowest BCUT2D eigenvalue weighted by molar-refractivity contribution is 0.546. The highest BCUT2D eigenvalue weighted by Crippen LogP contribution is 2.16. The average molecular weight is 258 g/mol. The summed E-state index contributed by atoms with van der Waals surface area (Å²) in [6.45, 7) is 6.22. The standard InChI is InChI=1S/C16H33S/c1-4-5-6-7-8-9-10-11-12-13-14-15-16(2)17-3/h16H,1,4-15H2,2-3H3. The second-order valence-corrected chi connectivity index (χ2v) is 6.50. The van der Waals surface area contributed by atoms with Gasteiger partial charge in [-0.15, -0.1) is 0 Å². The van der Waals surface area contributed by atoms with E-state index < -0.39 is 0 Å². The van der Waals surface area contributed by atoms with Crippen molar-refractivity contribution in [2.24, 2.45) is 0 Å². The fourth-order valence-electron chi connectivity index (χ4n) is 2.14. The zero-order valence-electron chi connectivity index (χ0n) is 12.2. The predicted octanol–water partition coefficient (Wildman–Crippen LogP) is 6.25. The quantitative estimate of drug-likeness (QED) is 0.351. The number of hydrogen-bond donors (Lipinski definition) is 0. The summed E-state index contributed by atoms with van der Waals surface area (Å²) in [6.07, 6.45) is 19.1. The van der Waals surface area contributed by atoms with Crippen molar-refractivity contribution in [1.29, 1.82) is 0 Å². The van der Waals surface area contributed by atoms with Gasteiger partial charge < -0.3 is 0 Å². The molecule has 1 radical (unpaired) electrons. The Kier molecular flexibility index (Phi) is 14.7. The van der Waals surface area contributed by atoms with Crippen LogP contribution in [0.5, 0.6) is 0 Å². The van der Waals surface area contributed by atoms with Crippen LogP contribution in [-0.4, -0.2) is 11.5 Å². The van der Waals surface area contributed by atoms with Gasteiger partial charge in [0.05, 0.1) is 0 Å². The lowest BCUT2D eigenvalue weighted by atomic mass is 10.0. The van der Waals surface area contributed by atoms with Crippen LogP contribution in [-0.2, 0) is 0 Å². The first kappa shape index (κ1) is 17.4. The molecule has 0 spiro atoms. The van der Waals surface area contributed by atoms with Crippen LogP contribution in [0, 0.1) is 6.92 Å². The van der Waals surface area contributed by atoms with E-state index in [0.717, 1.165) is 11.7 Å². The molecule has 0 saturated carbocycles. The van der Waals surface area contributed by atoms with Crippen molar-refractivity contribution in [3.05, 3.63) is 6.92 Å². The Hall–Kier alpha value is 0.350. The number of hydrogen-bond acceptors (Lipinski definition) is 1. The van der Waals surface area contributed by atoms with Crippen LogP contribution in [0.2, 0.25) is 0 Å². The van der Waals surface area contributed by atoms with Crippen molar-refractivity contribution >= 4 is 11.8 Å². The number of unbranched alkanes of at least 4 members (excludes halogenated alkanes) is 10. The average Bonchev–Trinajstić information content (AvgIpc) is 2.35. The Bertz CT molecular complexity index is 133. The summed E-state index contributed by atoms with van der Waals surface area (Å²) in [5, 5.41) is 0.864. The smallest absolute Gasteiger partial charge is 0.00159 e. The van der Waals surface area contributed by atoms with Gasteiger partial charge in [0.1, 0.15) is 0 Å². The monoisotopic (exact) mass is 257 g/mol. The third-order valence-electron chi connectivity index (χ3n) is 3.51. The van der Waals surface area contributed by atoms with Gasteiger partial charge in [-0.25, -0.2) is 0 Å². The first-order chi connectivity index (χ1) is 8.31. The fraction of sp³-hybridized carbons (Fsp3) is 0.938. The SMILES string of the molecule is [CH2]CCCCCCCCCCCCC(C)SC. The lowest BCUT2D eigenvalue weighted by Gasteiger charge is -2.07. The molecule has 0 N–H and O–H groups in total. The van der Waals surface area contributed by atoms with Crippen LogP contribution in [0.25, 0.3) is 0 Å². The van der Waals surface area contributed by atoms with Crippen LogP contribution in [0.4, 0.5) is 0 Å². The number of rotatable bonds is 13. The maximum atomic E-state index is 3.88. The first-order valence-electron chi connectivity index (χ1n) is 7.63. The molecule has 0 aliphatic rings. The molecule has 0 nitrogen and oxygen atoms in total. The van der Waals surface area contributed by atoms with E-state index in [1.165, 1.54) is 70.6 Å². The van der Waals surface area contributed by atoms with Crippen molar-refractivity contribution in [1.82, 2.24) is 0 Å². The predicted molar refractivity (Wildman–Crippen MR) is 83.7 cm³/mol. The molecule has 0 aromatic carbocycles. The zero-order chi connectivity index (χ0) is 12.8. The molecule has 0 aliphatic carbocycles. The Morgan fingerprint density at radius 2 is 1.18 bits per heavy atom. The van der Waals surface area contributed by atoms with Crippen molar-refractivity contribution in [3.63, 3.8) is 0 Å². The van der Waals surface area contributed by atoms with E-state index in [1.54, 1.807) is 0 Å². The third kappa shape index (κ3) is 14.3. The topological polar surface area (TPSA) is 0 Å². The molecule has 0 aliphatic heterocycles. The summed E-state index contributed by atoms with van der Waals surface area (Å²) in [5.74, 6) is 0. The molecule has 1 unspecified atom stereocenters. The van der Waals surface area contributed by atoms with Crippen LogP contribution in [0.1, 0.15) is 84.0 Å². The van der Waals surface area contributed by atoms with E-state index >= 15 is 0 Å². The lowest BCUT2D eigenvalue weighted by Crippen LogP contribution is -1.94. The normalized spacial score (nSPS) is 12.9. The Labute approximate surface area is 114 Å². The van der Waals surface area contributed by atoms with Gasteiger partial charge in [0.15, 0.2) is 0 Å². The molecule has 0 heterocycles. The summed E-state index contributed by atoms with van der Waals surface area (Å²) >= 11 is 2.00. The van der Waals surface area contributed by atoms with Crippen LogP contribution < -0.4 is 0 Å². The summed E-state index contributed by atoms with van der Waals surface area (Å²) in [7, 11) is 0. The minimum atomic E-state index is 0.864. The van der Waals surface area contributed by atoms with Gasteiger partial charge in [-0.2, -0.15) is 11.8 Å². The molecular formula is C16H33S. The van der Waals surface area contributed by atoms with Crippen molar-refractivity contribution in [3.8, 4) is 0 Å². The van der Waals surface area contributed by atoms with Crippen LogP contribution in [0.15, 0.2) is 0 Å². The molecule has 103 valence electrons. The van der Waals surface area contributed by atoms with Gasteiger partial charge in [-0.1, -0.05) is 84.5 Å². The highest BCUT2D eigenvalue weighted by Gasteiger charge is 1.98. The largest absolute Gasteiger partial charge is 0.162 e. The minimum absolute atomic E-state index is 0.864. The molecule has 17 heavy (non-hydrogen) atoms. The molecule has 0 fully saturated rings. The number of thioether (sulfide) groups is 1. The Morgan fingerprint density at radius 3 is 1.59 bits per heavy atom. The highest BCUT2D eigenvalue weighted by molar-refractivity contribution is 7.99. The Balaban J connectivity index is 2.94. The summed E-state index contributed by atoms with van der Waals surface area (Å²) in [5.41, 5.74) is 0. The van der Waals surface area contributed by atoms with Gasteiger partial charge >= 0.3 is 0 Å². The molecule has 0 saturated heterocycles. The van der Waals surface area contributed by atoms with Gasteiger partial charge in [0.2, 0.25) is 0 Å². The van der Waals surface area contributed by atoms with Crippen molar-refractivity contribution in [2.75, 3.05) is 6.26 Å². The minimum Gasteiger partial charge on any atom is -0.162 e. The molecule has 0 amide bonds. The first-order valence-corrected chi connectivity index (χ1v) is 8.92. The molecule has 0 aromatic heterocycles. The second kappa shape index (κ2) is 14.4. The van der Waals surface area contributed by atoms with Gasteiger partial charge in [-0.3, -0.25) is 0 Å². The van der Waals surface area contributed by atoms with E-state index in [2.05, 4.69) is 20.1 Å². The maximum absolute atomic E-state index is 3.88. The van der Waals surface area contributed by atoms with Gasteiger partial charge in [0, 0.05) is 5.25 Å². The molecule has 1 atom stereocenters. The van der Waals surface area contributed by atoms with E-state index in [1.807, 2.05) is 11.8 Å². The molecular weight excluding hydrogens is 224 g/mol. The van der Waals surface area contributed by atoms with Crippen molar-refractivity contribution in [2.45, 2.75) is 89.2 Å². The summed E-state index contributed by atoms with van der Waals surface area (Å²) in [4.78, 5) is 0. The van der Waals surface area contributed by atoms with E-state index in [4.69, 9.17) is 0 Å². The second-order valence-electron chi connectivity index (χ2n) is 5.22. The van der Waals surface area contributed by atoms with E-state index in [-0.39, 0.29) is 0 Å². The van der Waals surface area contributed by atoms with Crippen LogP contribution >= 0.6 is 11.8 Å². The van der Waals surface area contributed by atoms with E-state index in [0.29, 0.717) is 0 Å². The molecule has 0 rings (SSSR count).